The Balaban J connectivity index is 3.84. The SMILES string of the molecule is CN(CN(C)C(N)=O)C(N)=O. The molecule has 0 aromatic heterocycles. The van der Waals surface area contributed by atoms with Crippen LogP contribution in [-0.4, -0.2) is 42.6 Å². The van der Waals surface area contributed by atoms with Crippen LogP contribution in [0.2, 0.25) is 0 Å². The molecule has 0 aromatic rings. The average Bonchev–Trinajstić information content (AvgIpc) is 1.87. The number of rotatable bonds is 2. The molecule has 0 fully saturated rings. The molecule has 0 aliphatic carbocycles. The lowest BCUT2D eigenvalue weighted by molar-refractivity contribution is 0.177. The van der Waals surface area contributed by atoms with Crippen molar-refractivity contribution in [3.63, 3.8) is 0 Å². The van der Waals surface area contributed by atoms with Gasteiger partial charge in [0.1, 0.15) is 0 Å². The lowest BCUT2D eigenvalue weighted by Crippen LogP contribution is -2.44. The minimum Gasteiger partial charge on any atom is -0.351 e. The van der Waals surface area contributed by atoms with Crippen LogP contribution in [0.4, 0.5) is 9.59 Å². The lowest BCUT2D eigenvalue weighted by atomic mass is 10.7. The standard InChI is InChI=1S/C5H12N4O2/c1-8(4(6)10)3-9(2)5(7)11/h3H2,1-2H3,(H2,6,10)(H2,7,11). The van der Waals surface area contributed by atoms with Gasteiger partial charge in [0.15, 0.2) is 0 Å². The van der Waals surface area contributed by atoms with Crippen molar-refractivity contribution in [1.29, 1.82) is 0 Å². The van der Waals surface area contributed by atoms with Crippen molar-refractivity contribution in [1.82, 2.24) is 9.80 Å². The van der Waals surface area contributed by atoms with Gasteiger partial charge in [-0.25, -0.2) is 9.59 Å². The summed E-state index contributed by atoms with van der Waals surface area (Å²) in [6.07, 6.45) is 0. The maximum atomic E-state index is 10.4. The maximum absolute atomic E-state index is 10.4. The molecule has 6 heteroatoms. The molecule has 0 unspecified atom stereocenters. The van der Waals surface area contributed by atoms with E-state index in [1.54, 1.807) is 0 Å². The number of amides is 4. The van der Waals surface area contributed by atoms with Gasteiger partial charge in [-0.2, -0.15) is 0 Å². The Morgan fingerprint density at radius 1 is 1.09 bits per heavy atom. The fraction of sp³-hybridized carbons (Fsp3) is 0.600. The van der Waals surface area contributed by atoms with Crippen LogP contribution < -0.4 is 11.5 Å². The van der Waals surface area contributed by atoms with Crippen molar-refractivity contribution in [3.8, 4) is 0 Å². The summed E-state index contributed by atoms with van der Waals surface area (Å²) < 4.78 is 0. The van der Waals surface area contributed by atoms with Crippen LogP contribution in [0.3, 0.4) is 0 Å². The van der Waals surface area contributed by atoms with Gasteiger partial charge in [0.25, 0.3) is 0 Å². The largest absolute Gasteiger partial charge is 0.351 e. The number of urea groups is 2. The van der Waals surface area contributed by atoms with Gasteiger partial charge >= 0.3 is 12.1 Å². The zero-order valence-corrected chi connectivity index (χ0v) is 6.57. The second-order valence-electron chi connectivity index (χ2n) is 2.21. The fourth-order valence-corrected chi connectivity index (χ4v) is 0.458. The predicted molar refractivity (Wildman–Crippen MR) is 39.6 cm³/mol. The van der Waals surface area contributed by atoms with Gasteiger partial charge in [-0.1, -0.05) is 0 Å². The van der Waals surface area contributed by atoms with Gasteiger partial charge in [0.05, 0.1) is 6.67 Å². The second-order valence-corrected chi connectivity index (χ2v) is 2.21. The summed E-state index contributed by atoms with van der Waals surface area (Å²) >= 11 is 0. The average molecular weight is 160 g/mol. The molecule has 0 aliphatic heterocycles. The minimum absolute atomic E-state index is 0.102. The zero-order chi connectivity index (χ0) is 9.02. The molecule has 0 rings (SSSR count). The van der Waals surface area contributed by atoms with Crippen molar-refractivity contribution in [3.05, 3.63) is 0 Å². The van der Waals surface area contributed by atoms with E-state index in [-0.39, 0.29) is 6.67 Å². The highest BCUT2D eigenvalue weighted by Crippen LogP contribution is 1.86. The number of carbonyl (C=O) groups excluding carboxylic acids is 2. The molecule has 0 radical (unpaired) electrons. The van der Waals surface area contributed by atoms with Gasteiger partial charge in [-0.05, 0) is 0 Å². The molecule has 4 amide bonds. The number of nitrogens with zero attached hydrogens (tertiary/aromatic N) is 2. The maximum Gasteiger partial charge on any atom is 0.315 e. The number of carbonyl (C=O) groups is 2. The van der Waals surface area contributed by atoms with Gasteiger partial charge in [-0.15, -0.1) is 0 Å². The van der Waals surface area contributed by atoms with Crippen molar-refractivity contribution in [2.24, 2.45) is 11.5 Å². The summed E-state index contributed by atoms with van der Waals surface area (Å²) in [5, 5.41) is 0. The molecule has 0 heterocycles. The quantitative estimate of drug-likeness (QED) is 0.505. The first-order chi connectivity index (χ1) is 4.95. The molecule has 0 saturated heterocycles. The van der Waals surface area contributed by atoms with Crippen LogP contribution in [-0.2, 0) is 0 Å². The molecule has 0 aliphatic rings. The number of nitrogens with two attached hydrogens (primary N) is 2. The van der Waals surface area contributed by atoms with E-state index < -0.39 is 12.1 Å². The van der Waals surface area contributed by atoms with Gasteiger partial charge in [0, 0.05) is 14.1 Å². The third-order valence-corrected chi connectivity index (χ3v) is 1.18. The highest BCUT2D eigenvalue weighted by atomic mass is 16.2. The first-order valence-corrected chi connectivity index (χ1v) is 2.96. The Morgan fingerprint density at radius 3 is 1.55 bits per heavy atom. The Kier molecular flexibility index (Phi) is 3.16. The fourth-order valence-electron chi connectivity index (χ4n) is 0.458. The molecule has 64 valence electrons. The van der Waals surface area contributed by atoms with Crippen molar-refractivity contribution < 1.29 is 9.59 Å². The lowest BCUT2D eigenvalue weighted by Gasteiger charge is -2.21. The Labute approximate surface area is 64.7 Å². The molecule has 0 atom stereocenters. The highest BCUT2D eigenvalue weighted by Gasteiger charge is 2.08. The molecule has 11 heavy (non-hydrogen) atoms. The summed E-state index contributed by atoms with van der Waals surface area (Å²) in [4.78, 5) is 23.2. The first-order valence-electron chi connectivity index (χ1n) is 2.96. The normalized spacial score (nSPS) is 8.91. The number of hydrogen-bond donors (Lipinski definition) is 2. The third kappa shape index (κ3) is 3.29. The Hall–Kier alpha value is -1.46. The Morgan fingerprint density at radius 2 is 1.36 bits per heavy atom. The van der Waals surface area contributed by atoms with Crippen LogP contribution in [0.1, 0.15) is 0 Å². The van der Waals surface area contributed by atoms with E-state index in [1.807, 2.05) is 0 Å². The number of hydrogen-bond acceptors (Lipinski definition) is 2. The molecule has 6 nitrogen and oxygen atoms in total. The summed E-state index contributed by atoms with van der Waals surface area (Å²) in [6, 6.07) is -1.20. The Bertz CT molecular complexity index is 152. The molecule has 0 saturated carbocycles. The van der Waals surface area contributed by atoms with Crippen molar-refractivity contribution in [2.75, 3.05) is 20.8 Å². The van der Waals surface area contributed by atoms with Crippen LogP contribution in [0.5, 0.6) is 0 Å². The van der Waals surface area contributed by atoms with Crippen LogP contribution in [0.15, 0.2) is 0 Å². The van der Waals surface area contributed by atoms with Crippen LogP contribution in [0.25, 0.3) is 0 Å². The summed E-state index contributed by atoms with van der Waals surface area (Å²) in [7, 11) is 2.95. The molecule has 0 bridgehead atoms. The molecular formula is C5H12N4O2. The number of primary amides is 2. The molecule has 0 spiro atoms. The van der Waals surface area contributed by atoms with Crippen LogP contribution >= 0.6 is 0 Å². The van der Waals surface area contributed by atoms with E-state index in [2.05, 4.69) is 0 Å². The predicted octanol–water partition coefficient (Wildman–Crippen LogP) is -1.04. The van der Waals surface area contributed by atoms with E-state index in [0.717, 1.165) is 0 Å². The van der Waals surface area contributed by atoms with Gasteiger partial charge < -0.3 is 21.3 Å². The van der Waals surface area contributed by atoms with Crippen LogP contribution in [0, 0.1) is 0 Å². The van der Waals surface area contributed by atoms with Gasteiger partial charge in [-0.3, -0.25) is 0 Å². The molecule has 4 N–H and O–H groups in total. The topological polar surface area (TPSA) is 92.7 Å². The highest BCUT2D eigenvalue weighted by molar-refractivity contribution is 5.74. The smallest absolute Gasteiger partial charge is 0.315 e. The summed E-state index contributed by atoms with van der Waals surface area (Å²) in [5.74, 6) is 0. The minimum atomic E-state index is -0.599. The van der Waals surface area contributed by atoms with Gasteiger partial charge in [0.2, 0.25) is 0 Å². The van der Waals surface area contributed by atoms with E-state index in [4.69, 9.17) is 11.5 Å². The molecular weight excluding hydrogens is 148 g/mol. The van der Waals surface area contributed by atoms with E-state index >= 15 is 0 Å². The van der Waals surface area contributed by atoms with Crippen molar-refractivity contribution >= 4 is 12.1 Å². The first kappa shape index (κ1) is 9.54. The molecule has 0 aromatic carbocycles. The summed E-state index contributed by atoms with van der Waals surface area (Å²) in [6.45, 7) is 0.102. The second kappa shape index (κ2) is 3.65. The zero-order valence-electron chi connectivity index (χ0n) is 6.57. The van der Waals surface area contributed by atoms with E-state index in [1.165, 1.54) is 23.9 Å². The van der Waals surface area contributed by atoms with E-state index in [0.29, 0.717) is 0 Å². The summed E-state index contributed by atoms with van der Waals surface area (Å²) in [5.41, 5.74) is 9.79. The van der Waals surface area contributed by atoms with E-state index in [9.17, 15) is 9.59 Å². The monoisotopic (exact) mass is 160 g/mol. The third-order valence-electron chi connectivity index (χ3n) is 1.18. The van der Waals surface area contributed by atoms with Crippen molar-refractivity contribution in [2.45, 2.75) is 0 Å².